The number of rotatable bonds is 2. The molecule has 110 valence electrons. The van der Waals surface area contributed by atoms with Crippen LogP contribution in [0.15, 0.2) is 65.9 Å². The molecule has 0 amide bonds. The van der Waals surface area contributed by atoms with Gasteiger partial charge in [-0.2, -0.15) is 13.2 Å². The number of nitrogens with zero attached hydrogens (tertiary/aromatic N) is 2. The third-order valence-electron chi connectivity index (χ3n) is 3.25. The Kier molecular flexibility index (Phi) is 3.63. The number of hydrogen-bond donors (Lipinski definition) is 0. The molecule has 3 rings (SSSR count). The summed E-state index contributed by atoms with van der Waals surface area (Å²) in [6.45, 7) is 0. The van der Waals surface area contributed by atoms with Crippen molar-refractivity contribution in [2.75, 3.05) is 0 Å². The Labute approximate surface area is 125 Å². The van der Waals surface area contributed by atoms with Crippen molar-refractivity contribution in [2.45, 2.75) is 6.18 Å². The third kappa shape index (κ3) is 2.98. The first-order valence-electron chi connectivity index (χ1n) is 6.58. The van der Waals surface area contributed by atoms with E-state index in [0.717, 1.165) is 28.6 Å². The lowest BCUT2D eigenvalue weighted by Gasteiger charge is -2.06. The van der Waals surface area contributed by atoms with Crippen LogP contribution in [0.3, 0.4) is 0 Å². The lowest BCUT2D eigenvalue weighted by atomic mass is 10.1. The Hall–Kier alpha value is -2.69. The van der Waals surface area contributed by atoms with Crippen LogP contribution in [0.4, 0.5) is 18.9 Å². The molecule has 22 heavy (non-hydrogen) atoms. The topological polar surface area (TPSA) is 25.2 Å². The van der Waals surface area contributed by atoms with Gasteiger partial charge in [0.15, 0.2) is 0 Å². The summed E-state index contributed by atoms with van der Waals surface area (Å²) >= 11 is 0. The first-order valence-corrected chi connectivity index (χ1v) is 6.58. The molecular formula is C17H11F3N2. The van der Waals surface area contributed by atoms with Gasteiger partial charge in [0.05, 0.1) is 11.3 Å². The largest absolute Gasteiger partial charge is 0.416 e. The van der Waals surface area contributed by atoms with Gasteiger partial charge in [0.1, 0.15) is 0 Å². The van der Waals surface area contributed by atoms with E-state index in [4.69, 9.17) is 0 Å². The van der Waals surface area contributed by atoms with Crippen molar-refractivity contribution < 1.29 is 13.2 Å². The van der Waals surface area contributed by atoms with Crippen molar-refractivity contribution in [3.63, 3.8) is 0 Å². The minimum Gasteiger partial charge on any atom is -0.264 e. The van der Waals surface area contributed by atoms with Crippen LogP contribution in [0.25, 0.3) is 10.8 Å². The summed E-state index contributed by atoms with van der Waals surface area (Å²) in [5.74, 6) is 0. The summed E-state index contributed by atoms with van der Waals surface area (Å²) in [7, 11) is 0. The van der Waals surface area contributed by atoms with Crippen LogP contribution in [-0.4, -0.2) is 11.2 Å². The Morgan fingerprint density at radius 3 is 2.45 bits per heavy atom. The number of alkyl halides is 3. The summed E-state index contributed by atoms with van der Waals surface area (Å²) < 4.78 is 37.5. The van der Waals surface area contributed by atoms with Crippen molar-refractivity contribution in [3.05, 3.63) is 72.1 Å². The molecule has 2 nitrogen and oxygen atoms in total. The van der Waals surface area contributed by atoms with Gasteiger partial charge in [-0.1, -0.05) is 24.3 Å². The van der Waals surface area contributed by atoms with E-state index in [0.29, 0.717) is 5.56 Å². The maximum absolute atomic E-state index is 12.5. The third-order valence-corrected chi connectivity index (χ3v) is 3.25. The van der Waals surface area contributed by atoms with E-state index in [9.17, 15) is 13.2 Å². The Balaban J connectivity index is 1.90. The highest BCUT2D eigenvalue weighted by Crippen LogP contribution is 2.29. The molecule has 0 saturated heterocycles. The van der Waals surface area contributed by atoms with Crippen LogP contribution in [0.1, 0.15) is 11.1 Å². The first-order chi connectivity index (χ1) is 10.5. The van der Waals surface area contributed by atoms with Crippen LogP contribution in [0, 0.1) is 0 Å². The maximum Gasteiger partial charge on any atom is 0.416 e. The second-order valence-electron chi connectivity index (χ2n) is 4.75. The van der Waals surface area contributed by atoms with E-state index in [1.807, 2.05) is 24.3 Å². The molecule has 0 fully saturated rings. The van der Waals surface area contributed by atoms with Crippen molar-refractivity contribution in [3.8, 4) is 0 Å². The molecule has 1 aromatic heterocycles. The SMILES string of the molecule is FC(F)(F)c1ccc(C=Nc2cccc3cnccc23)cc1. The second-order valence-corrected chi connectivity index (χ2v) is 4.75. The molecule has 0 atom stereocenters. The maximum atomic E-state index is 12.5. The van der Waals surface area contributed by atoms with Crippen molar-refractivity contribution in [2.24, 2.45) is 4.99 Å². The monoisotopic (exact) mass is 300 g/mol. The van der Waals surface area contributed by atoms with Crippen LogP contribution in [0.5, 0.6) is 0 Å². The van der Waals surface area contributed by atoms with E-state index in [1.54, 1.807) is 18.6 Å². The molecule has 0 N–H and O–H groups in total. The van der Waals surface area contributed by atoms with Gasteiger partial charge in [0, 0.05) is 29.4 Å². The zero-order chi connectivity index (χ0) is 15.6. The quantitative estimate of drug-likeness (QED) is 0.611. The van der Waals surface area contributed by atoms with Gasteiger partial charge in [-0.25, -0.2) is 0 Å². The molecule has 2 aromatic carbocycles. The number of aliphatic imine (C=N–C) groups is 1. The smallest absolute Gasteiger partial charge is 0.264 e. The molecule has 0 aliphatic heterocycles. The summed E-state index contributed by atoms with van der Waals surface area (Å²) in [6, 6.07) is 12.4. The van der Waals surface area contributed by atoms with Gasteiger partial charge < -0.3 is 0 Å². The summed E-state index contributed by atoms with van der Waals surface area (Å²) in [4.78, 5) is 8.41. The summed E-state index contributed by atoms with van der Waals surface area (Å²) in [6.07, 6.45) is 0.652. The molecule has 0 radical (unpaired) electrons. The van der Waals surface area contributed by atoms with Gasteiger partial charge in [-0.3, -0.25) is 9.98 Å². The van der Waals surface area contributed by atoms with Crippen LogP contribution < -0.4 is 0 Å². The normalized spacial score (nSPS) is 12.1. The molecule has 0 bridgehead atoms. The minimum atomic E-state index is -4.32. The predicted octanol–water partition coefficient (Wildman–Crippen LogP) is 5.00. The van der Waals surface area contributed by atoms with Crippen molar-refractivity contribution in [1.29, 1.82) is 0 Å². The Morgan fingerprint density at radius 2 is 1.73 bits per heavy atom. The number of halogens is 3. The van der Waals surface area contributed by atoms with Gasteiger partial charge in [-0.15, -0.1) is 0 Å². The molecule has 0 spiro atoms. The second kappa shape index (κ2) is 5.60. The van der Waals surface area contributed by atoms with Crippen molar-refractivity contribution >= 4 is 22.7 Å². The van der Waals surface area contributed by atoms with E-state index >= 15 is 0 Å². The lowest BCUT2D eigenvalue weighted by Crippen LogP contribution is -2.04. The zero-order valence-electron chi connectivity index (χ0n) is 11.4. The fourth-order valence-corrected chi connectivity index (χ4v) is 2.12. The fraction of sp³-hybridized carbons (Fsp3) is 0.0588. The van der Waals surface area contributed by atoms with E-state index in [1.165, 1.54) is 12.1 Å². The highest BCUT2D eigenvalue weighted by molar-refractivity contribution is 5.94. The number of fused-ring (bicyclic) bond motifs is 1. The Bertz CT molecular complexity index is 816. The average Bonchev–Trinajstić information content (AvgIpc) is 2.52. The highest BCUT2D eigenvalue weighted by atomic mass is 19.4. The van der Waals surface area contributed by atoms with E-state index in [-0.39, 0.29) is 0 Å². The van der Waals surface area contributed by atoms with Gasteiger partial charge in [0.2, 0.25) is 0 Å². The molecule has 0 aliphatic carbocycles. The number of pyridine rings is 1. The number of aromatic nitrogens is 1. The Morgan fingerprint density at radius 1 is 0.955 bits per heavy atom. The molecule has 0 aliphatic rings. The van der Waals surface area contributed by atoms with Gasteiger partial charge >= 0.3 is 6.18 Å². The van der Waals surface area contributed by atoms with Crippen LogP contribution in [0.2, 0.25) is 0 Å². The first kappa shape index (κ1) is 14.3. The molecule has 5 heteroatoms. The molecule has 3 aromatic rings. The van der Waals surface area contributed by atoms with E-state index < -0.39 is 11.7 Å². The molecule has 1 heterocycles. The van der Waals surface area contributed by atoms with E-state index in [2.05, 4.69) is 9.98 Å². The summed E-state index contributed by atoms with van der Waals surface area (Å²) in [5, 5.41) is 1.91. The van der Waals surface area contributed by atoms with Gasteiger partial charge in [-0.05, 0) is 29.8 Å². The molecule has 0 unspecified atom stereocenters. The molecule has 0 saturated carbocycles. The number of hydrogen-bond acceptors (Lipinski definition) is 2. The summed E-state index contributed by atoms with van der Waals surface area (Å²) in [5.41, 5.74) is 0.694. The van der Waals surface area contributed by atoms with Gasteiger partial charge in [0.25, 0.3) is 0 Å². The molecular weight excluding hydrogens is 289 g/mol. The van der Waals surface area contributed by atoms with Crippen LogP contribution in [-0.2, 0) is 6.18 Å². The average molecular weight is 300 g/mol. The fourth-order valence-electron chi connectivity index (χ4n) is 2.12. The van der Waals surface area contributed by atoms with Crippen LogP contribution >= 0.6 is 0 Å². The van der Waals surface area contributed by atoms with Crippen molar-refractivity contribution in [1.82, 2.24) is 4.98 Å². The lowest BCUT2D eigenvalue weighted by molar-refractivity contribution is -0.137. The minimum absolute atomic E-state index is 0.610. The highest BCUT2D eigenvalue weighted by Gasteiger charge is 2.29. The predicted molar refractivity (Wildman–Crippen MR) is 80.4 cm³/mol. The zero-order valence-corrected chi connectivity index (χ0v) is 11.4. The number of benzene rings is 2. The standard InChI is InChI=1S/C17H11F3N2/c18-17(19,20)14-6-4-12(5-7-14)10-22-16-3-1-2-13-11-21-9-8-15(13)16/h1-11H.